The maximum Gasteiger partial charge on any atom is 0.252 e. The van der Waals surface area contributed by atoms with Crippen molar-refractivity contribution < 1.29 is 14.2 Å². The van der Waals surface area contributed by atoms with Gasteiger partial charge in [0, 0.05) is 36.7 Å². The third-order valence-corrected chi connectivity index (χ3v) is 7.30. The number of aromatic nitrogens is 5. The number of pyridine rings is 1. The molecule has 0 amide bonds. The Balaban J connectivity index is 1.53. The summed E-state index contributed by atoms with van der Waals surface area (Å²) >= 11 is 0. The largest absolute Gasteiger partial charge is 0.486 e. The number of aromatic amines is 1. The zero-order valence-electron chi connectivity index (χ0n) is 21.4. The molecule has 5 rings (SSSR count). The van der Waals surface area contributed by atoms with Gasteiger partial charge < -0.3 is 19.2 Å². The van der Waals surface area contributed by atoms with Crippen LogP contribution in [0.3, 0.4) is 0 Å². The van der Waals surface area contributed by atoms with Crippen LogP contribution in [0.2, 0.25) is 0 Å². The van der Waals surface area contributed by atoms with Crippen molar-refractivity contribution in [2.45, 2.75) is 71.1 Å². The molecule has 1 aromatic carbocycles. The van der Waals surface area contributed by atoms with Crippen LogP contribution in [0.4, 0.5) is 0 Å². The van der Waals surface area contributed by atoms with Crippen molar-refractivity contribution in [1.82, 2.24) is 30.1 Å². The van der Waals surface area contributed by atoms with E-state index in [1.54, 1.807) is 7.11 Å². The molecule has 1 aliphatic carbocycles. The number of nitrogens with zero attached hydrogens (tertiary/aromatic N) is 5. The maximum atomic E-state index is 13.3. The van der Waals surface area contributed by atoms with E-state index in [-0.39, 0.29) is 17.5 Å². The molecule has 0 unspecified atom stereocenters. The minimum atomic E-state index is -0.0820. The molecule has 0 saturated heterocycles. The Bertz CT molecular complexity index is 1230. The maximum absolute atomic E-state index is 13.3. The predicted molar refractivity (Wildman–Crippen MR) is 135 cm³/mol. The van der Waals surface area contributed by atoms with E-state index < -0.39 is 0 Å². The van der Waals surface area contributed by atoms with Crippen LogP contribution >= 0.6 is 0 Å². The van der Waals surface area contributed by atoms with Gasteiger partial charge in [0.05, 0.1) is 24.7 Å². The number of tetrazole rings is 1. The van der Waals surface area contributed by atoms with Gasteiger partial charge in [-0.05, 0) is 41.3 Å². The predicted octanol–water partition coefficient (Wildman–Crippen LogP) is 3.46. The van der Waals surface area contributed by atoms with Gasteiger partial charge in [0.15, 0.2) is 17.3 Å². The van der Waals surface area contributed by atoms with Gasteiger partial charge in [-0.25, -0.2) is 4.68 Å². The van der Waals surface area contributed by atoms with Gasteiger partial charge in [0.2, 0.25) is 0 Å². The quantitative estimate of drug-likeness (QED) is 0.480. The molecular formula is C26H36N6O4. The first-order chi connectivity index (χ1) is 17.5. The minimum absolute atomic E-state index is 0.0321. The Hall–Kier alpha value is -2.98. The molecular weight excluding hydrogens is 460 g/mol. The molecule has 10 heteroatoms. The van der Waals surface area contributed by atoms with Crippen LogP contribution in [0.1, 0.15) is 63.4 Å². The number of ether oxygens (including phenoxy) is 3. The monoisotopic (exact) mass is 496 g/mol. The second-order valence-electron chi connectivity index (χ2n) is 10.1. The highest BCUT2D eigenvalue weighted by Gasteiger charge is 2.35. The summed E-state index contributed by atoms with van der Waals surface area (Å²) in [5.74, 6) is 2.46. The number of rotatable bonds is 9. The summed E-state index contributed by atoms with van der Waals surface area (Å²) in [6.45, 7) is 7.07. The van der Waals surface area contributed by atoms with Crippen LogP contribution in [0.5, 0.6) is 11.5 Å². The Morgan fingerprint density at radius 3 is 2.61 bits per heavy atom. The molecule has 1 saturated carbocycles. The van der Waals surface area contributed by atoms with E-state index in [1.807, 2.05) is 22.9 Å². The first kappa shape index (κ1) is 24.7. The second kappa shape index (κ2) is 11.0. The average molecular weight is 497 g/mol. The fourth-order valence-electron chi connectivity index (χ4n) is 5.56. The number of hydrogen-bond acceptors (Lipinski definition) is 8. The molecule has 2 aromatic heterocycles. The summed E-state index contributed by atoms with van der Waals surface area (Å²) in [4.78, 5) is 18.8. The lowest BCUT2D eigenvalue weighted by Gasteiger charge is -2.41. The van der Waals surface area contributed by atoms with E-state index in [0.717, 1.165) is 35.1 Å². The van der Waals surface area contributed by atoms with Crippen molar-refractivity contribution in [1.29, 1.82) is 0 Å². The molecule has 3 aromatic rings. The van der Waals surface area contributed by atoms with Crippen molar-refractivity contribution >= 4 is 10.9 Å². The lowest BCUT2D eigenvalue weighted by atomic mass is 9.90. The van der Waals surface area contributed by atoms with Crippen molar-refractivity contribution in [3.8, 4) is 11.5 Å². The third kappa shape index (κ3) is 5.10. The second-order valence-corrected chi connectivity index (χ2v) is 10.1. The molecule has 0 radical (unpaired) electrons. The molecule has 10 nitrogen and oxygen atoms in total. The SMILES string of the molecule is COCCn1nnnc1[C@@H](C(C)C)N(Cc1cc2cc3c(cc2[nH]c1=O)OCCO3)C1CCCCC1. The molecule has 0 spiro atoms. The standard InChI is InChI=1S/C26H36N6O4/c1-17(2)24(25-28-29-30-32(25)9-10-34-3)31(20-7-5-4-6-8-20)16-19-13-18-14-22-23(36-12-11-35-22)15-21(18)27-26(19)33/h13-15,17,20,24H,4-12,16H2,1-3H3,(H,27,33)/t24-/m1/s1. The van der Waals surface area contributed by atoms with Gasteiger partial charge in [-0.2, -0.15) is 0 Å². The molecule has 0 bridgehead atoms. The topological polar surface area (TPSA) is 107 Å². The van der Waals surface area contributed by atoms with Crippen LogP contribution in [-0.2, 0) is 17.8 Å². The third-order valence-electron chi connectivity index (χ3n) is 7.30. The summed E-state index contributed by atoms with van der Waals surface area (Å²) in [5.41, 5.74) is 1.40. The summed E-state index contributed by atoms with van der Waals surface area (Å²) in [7, 11) is 1.68. The number of methoxy groups -OCH3 is 1. The van der Waals surface area contributed by atoms with Crippen LogP contribution in [0.15, 0.2) is 23.0 Å². The molecule has 194 valence electrons. The fraction of sp³-hybridized carbons (Fsp3) is 0.615. The van der Waals surface area contributed by atoms with Gasteiger partial charge in [-0.15, -0.1) is 5.10 Å². The fourth-order valence-corrected chi connectivity index (χ4v) is 5.56. The summed E-state index contributed by atoms with van der Waals surface area (Å²) in [6.07, 6.45) is 5.85. The number of hydrogen-bond donors (Lipinski definition) is 1. The van der Waals surface area contributed by atoms with Gasteiger partial charge in [0.25, 0.3) is 5.56 Å². The van der Waals surface area contributed by atoms with E-state index in [9.17, 15) is 4.79 Å². The number of fused-ring (bicyclic) bond motifs is 2. The summed E-state index contributed by atoms with van der Waals surface area (Å²) < 4.78 is 18.6. The first-order valence-corrected chi connectivity index (χ1v) is 13.0. The average Bonchev–Trinajstić information content (AvgIpc) is 3.34. The highest BCUT2D eigenvalue weighted by atomic mass is 16.6. The number of nitrogens with one attached hydrogen (secondary N) is 1. The molecule has 36 heavy (non-hydrogen) atoms. The molecule has 1 aliphatic heterocycles. The van der Waals surface area contributed by atoms with Crippen LogP contribution in [0.25, 0.3) is 10.9 Å². The zero-order chi connectivity index (χ0) is 25.1. The zero-order valence-corrected chi connectivity index (χ0v) is 21.4. The number of benzene rings is 1. The normalized spacial score (nSPS) is 17.2. The first-order valence-electron chi connectivity index (χ1n) is 13.0. The van der Waals surface area contributed by atoms with Crippen molar-refractivity contribution in [2.24, 2.45) is 5.92 Å². The Labute approximate surface area is 210 Å². The van der Waals surface area contributed by atoms with Gasteiger partial charge in [-0.3, -0.25) is 9.69 Å². The van der Waals surface area contributed by atoms with E-state index in [0.29, 0.717) is 50.5 Å². The van der Waals surface area contributed by atoms with E-state index in [2.05, 4.69) is 39.3 Å². The van der Waals surface area contributed by atoms with Crippen molar-refractivity contribution in [2.75, 3.05) is 26.9 Å². The lowest BCUT2D eigenvalue weighted by Crippen LogP contribution is -2.43. The highest BCUT2D eigenvalue weighted by molar-refractivity contribution is 5.83. The Kier molecular flexibility index (Phi) is 7.52. The smallest absolute Gasteiger partial charge is 0.252 e. The Morgan fingerprint density at radius 1 is 1.14 bits per heavy atom. The molecule has 1 fully saturated rings. The van der Waals surface area contributed by atoms with E-state index >= 15 is 0 Å². The van der Waals surface area contributed by atoms with Gasteiger partial charge in [0.1, 0.15) is 13.2 Å². The van der Waals surface area contributed by atoms with E-state index in [1.165, 1.54) is 19.3 Å². The molecule has 2 aliphatic rings. The molecule has 3 heterocycles. The van der Waals surface area contributed by atoms with Crippen molar-refractivity contribution in [3.05, 3.63) is 39.9 Å². The lowest BCUT2D eigenvalue weighted by molar-refractivity contribution is 0.0597. The highest BCUT2D eigenvalue weighted by Crippen LogP contribution is 2.36. The van der Waals surface area contributed by atoms with Crippen LogP contribution in [0, 0.1) is 5.92 Å². The van der Waals surface area contributed by atoms with Crippen LogP contribution in [-0.4, -0.2) is 63.1 Å². The molecule has 1 atom stereocenters. The van der Waals surface area contributed by atoms with Crippen LogP contribution < -0.4 is 15.0 Å². The number of H-pyrrole nitrogens is 1. The Morgan fingerprint density at radius 2 is 1.89 bits per heavy atom. The minimum Gasteiger partial charge on any atom is -0.486 e. The van der Waals surface area contributed by atoms with E-state index in [4.69, 9.17) is 14.2 Å². The van der Waals surface area contributed by atoms with Gasteiger partial charge >= 0.3 is 0 Å². The summed E-state index contributed by atoms with van der Waals surface area (Å²) in [5, 5.41) is 13.6. The molecule has 1 N–H and O–H groups in total. The van der Waals surface area contributed by atoms with Crippen molar-refractivity contribution in [3.63, 3.8) is 0 Å². The van der Waals surface area contributed by atoms with Gasteiger partial charge in [-0.1, -0.05) is 33.1 Å². The summed E-state index contributed by atoms with van der Waals surface area (Å²) in [6, 6.07) is 6.13.